The minimum Gasteiger partial charge on any atom is -0.351 e. The molecule has 1 atom stereocenters. The Hall–Kier alpha value is -1.07. The SMILES string of the molecule is O=c1[nH]cnc(N(CC2CCCN2)C2CC2)c1Cl. The molecule has 1 aliphatic heterocycles. The predicted molar refractivity (Wildman–Crippen MR) is 71.3 cm³/mol. The number of H-pyrrole nitrogens is 1. The molecular weight excluding hydrogens is 252 g/mol. The van der Waals surface area contributed by atoms with Crippen molar-refractivity contribution in [3.8, 4) is 0 Å². The first-order valence-corrected chi connectivity index (χ1v) is 6.86. The average Bonchev–Trinajstić information content (AvgIpc) is 3.08. The quantitative estimate of drug-likeness (QED) is 0.860. The molecule has 1 saturated carbocycles. The third-order valence-electron chi connectivity index (χ3n) is 3.62. The molecule has 3 rings (SSSR count). The van der Waals surface area contributed by atoms with Gasteiger partial charge in [-0.3, -0.25) is 4.79 Å². The van der Waals surface area contributed by atoms with E-state index in [0.29, 0.717) is 17.9 Å². The van der Waals surface area contributed by atoms with Crippen molar-refractivity contribution in [2.75, 3.05) is 18.0 Å². The van der Waals surface area contributed by atoms with E-state index in [9.17, 15) is 4.79 Å². The first kappa shape index (κ1) is 12.0. The van der Waals surface area contributed by atoms with Gasteiger partial charge in [0.25, 0.3) is 5.56 Å². The van der Waals surface area contributed by atoms with Crippen molar-refractivity contribution in [2.45, 2.75) is 37.8 Å². The number of nitrogens with zero attached hydrogens (tertiary/aromatic N) is 2. The van der Waals surface area contributed by atoms with Crippen molar-refractivity contribution >= 4 is 17.4 Å². The molecule has 2 heterocycles. The molecule has 2 aliphatic rings. The van der Waals surface area contributed by atoms with Crippen molar-refractivity contribution in [1.82, 2.24) is 15.3 Å². The second kappa shape index (κ2) is 4.90. The average molecular weight is 269 g/mol. The molecule has 1 aromatic heterocycles. The van der Waals surface area contributed by atoms with Crippen molar-refractivity contribution < 1.29 is 0 Å². The number of nitrogens with one attached hydrogen (secondary N) is 2. The van der Waals surface area contributed by atoms with Crippen molar-refractivity contribution in [1.29, 1.82) is 0 Å². The normalized spacial score (nSPS) is 23.3. The molecule has 5 nitrogen and oxygen atoms in total. The van der Waals surface area contributed by atoms with Gasteiger partial charge in [0.1, 0.15) is 5.02 Å². The van der Waals surface area contributed by atoms with Crippen LogP contribution in [0.5, 0.6) is 0 Å². The van der Waals surface area contributed by atoms with Crippen LogP contribution in [0.3, 0.4) is 0 Å². The topological polar surface area (TPSA) is 61.0 Å². The van der Waals surface area contributed by atoms with Crippen LogP contribution in [-0.4, -0.2) is 35.1 Å². The van der Waals surface area contributed by atoms with Crippen LogP contribution in [-0.2, 0) is 0 Å². The molecule has 1 saturated heterocycles. The molecule has 2 N–H and O–H groups in total. The molecule has 1 aliphatic carbocycles. The first-order valence-electron chi connectivity index (χ1n) is 6.49. The summed E-state index contributed by atoms with van der Waals surface area (Å²) in [6.45, 7) is 1.97. The molecule has 1 aromatic rings. The Balaban J connectivity index is 1.84. The van der Waals surface area contributed by atoms with Crippen molar-refractivity contribution in [3.05, 3.63) is 21.7 Å². The minimum absolute atomic E-state index is 0.211. The van der Waals surface area contributed by atoms with E-state index in [1.807, 2.05) is 0 Å². The lowest BCUT2D eigenvalue weighted by atomic mass is 10.2. The van der Waals surface area contributed by atoms with E-state index in [4.69, 9.17) is 11.6 Å². The smallest absolute Gasteiger partial charge is 0.271 e. The zero-order valence-corrected chi connectivity index (χ0v) is 10.9. The Labute approximate surface area is 111 Å². The maximum atomic E-state index is 11.6. The summed E-state index contributed by atoms with van der Waals surface area (Å²) < 4.78 is 0. The van der Waals surface area contributed by atoms with Gasteiger partial charge in [0.05, 0.1) is 6.33 Å². The van der Waals surface area contributed by atoms with E-state index in [-0.39, 0.29) is 10.6 Å². The summed E-state index contributed by atoms with van der Waals surface area (Å²) in [7, 11) is 0. The largest absolute Gasteiger partial charge is 0.351 e. The molecule has 6 heteroatoms. The molecule has 0 aromatic carbocycles. The number of aromatic nitrogens is 2. The zero-order chi connectivity index (χ0) is 12.5. The summed E-state index contributed by atoms with van der Waals surface area (Å²) >= 11 is 6.08. The lowest BCUT2D eigenvalue weighted by Crippen LogP contribution is -2.40. The van der Waals surface area contributed by atoms with Gasteiger partial charge >= 0.3 is 0 Å². The van der Waals surface area contributed by atoms with E-state index in [0.717, 1.165) is 25.9 Å². The molecular formula is C12H17ClN4O. The van der Waals surface area contributed by atoms with Crippen LogP contribution in [0.1, 0.15) is 25.7 Å². The second-order valence-electron chi connectivity index (χ2n) is 5.05. The summed E-state index contributed by atoms with van der Waals surface area (Å²) in [5, 5.41) is 3.69. The molecule has 98 valence electrons. The van der Waals surface area contributed by atoms with Crippen LogP contribution < -0.4 is 15.8 Å². The van der Waals surface area contributed by atoms with Gasteiger partial charge in [-0.25, -0.2) is 4.98 Å². The highest BCUT2D eigenvalue weighted by Gasteiger charge is 2.33. The fraction of sp³-hybridized carbons (Fsp3) is 0.667. The highest BCUT2D eigenvalue weighted by Crippen LogP contribution is 2.33. The summed E-state index contributed by atoms with van der Waals surface area (Å²) in [6, 6.07) is 0.988. The standard InChI is InChI=1S/C12H17ClN4O/c13-10-11(15-7-16-12(10)18)17(9-3-4-9)6-8-2-1-5-14-8/h7-9,14H,1-6H2,(H,15,16,18). The lowest BCUT2D eigenvalue weighted by Gasteiger charge is -2.27. The van der Waals surface area contributed by atoms with Crippen molar-refractivity contribution in [3.63, 3.8) is 0 Å². The Morgan fingerprint density at radius 3 is 2.94 bits per heavy atom. The van der Waals surface area contributed by atoms with E-state index >= 15 is 0 Å². The number of halogens is 1. The number of aromatic amines is 1. The van der Waals surface area contributed by atoms with Crippen LogP contribution in [0.4, 0.5) is 5.82 Å². The number of rotatable bonds is 4. The fourth-order valence-electron chi connectivity index (χ4n) is 2.52. The van der Waals surface area contributed by atoms with Crippen molar-refractivity contribution in [2.24, 2.45) is 0 Å². The van der Waals surface area contributed by atoms with E-state index in [1.165, 1.54) is 19.2 Å². The molecule has 2 fully saturated rings. The van der Waals surface area contributed by atoms with Gasteiger partial charge in [-0.15, -0.1) is 0 Å². The molecule has 18 heavy (non-hydrogen) atoms. The fourth-order valence-corrected chi connectivity index (χ4v) is 2.73. The summed E-state index contributed by atoms with van der Waals surface area (Å²) in [5.74, 6) is 0.636. The van der Waals surface area contributed by atoms with Gasteiger partial charge in [0, 0.05) is 18.6 Å². The van der Waals surface area contributed by atoms with Gasteiger partial charge in [0.2, 0.25) is 0 Å². The Morgan fingerprint density at radius 1 is 1.44 bits per heavy atom. The summed E-state index contributed by atoms with van der Waals surface area (Å²) in [4.78, 5) is 20.5. The second-order valence-corrected chi connectivity index (χ2v) is 5.42. The maximum Gasteiger partial charge on any atom is 0.271 e. The predicted octanol–water partition coefficient (Wildman–Crippen LogP) is 1.14. The zero-order valence-electron chi connectivity index (χ0n) is 10.2. The van der Waals surface area contributed by atoms with E-state index in [2.05, 4.69) is 20.2 Å². The summed E-state index contributed by atoms with van der Waals surface area (Å²) in [5.41, 5.74) is -0.258. The highest BCUT2D eigenvalue weighted by molar-refractivity contribution is 6.32. The number of hydrogen-bond donors (Lipinski definition) is 2. The highest BCUT2D eigenvalue weighted by atomic mass is 35.5. The van der Waals surface area contributed by atoms with Crippen LogP contribution in [0.2, 0.25) is 5.02 Å². The van der Waals surface area contributed by atoms with E-state index in [1.54, 1.807) is 0 Å². The maximum absolute atomic E-state index is 11.6. The molecule has 0 bridgehead atoms. The third kappa shape index (κ3) is 2.37. The Bertz CT molecular complexity index is 479. The number of hydrogen-bond acceptors (Lipinski definition) is 4. The van der Waals surface area contributed by atoms with Gasteiger partial charge < -0.3 is 15.2 Å². The van der Waals surface area contributed by atoms with E-state index < -0.39 is 0 Å². The van der Waals surface area contributed by atoms with Gasteiger partial charge in [-0.2, -0.15) is 0 Å². The van der Waals surface area contributed by atoms with Gasteiger partial charge in [0.15, 0.2) is 5.82 Å². The third-order valence-corrected chi connectivity index (χ3v) is 3.96. The molecule has 0 spiro atoms. The Kier molecular flexibility index (Phi) is 3.26. The Morgan fingerprint density at radius 2 is 2.28 bits per heavy atom. The molecule has 0 radical (unpaired) electrons. The van der Waals surface area contributed by atoms with Crippen LogP contribution in [0, 0.1) is 0 Å². The molecule has 1 unspecified atom stereocenters. The number of anilines is 1. The van der Waals surface area contributed by atoms with Gasteiger partial charge in [-0.1, -0.05) is 11.6 Å². The van der Waals surface area contributed by atoms with Crippen LogP contribution in [0.15, 0.2) is 11.1 Å². The lowest BCUT2D eigenvalue weighted by molar-refractivity contribution is 0.575. The van der Waals surface area contributed by atoms with Crippen LogP contribution in [0.25, 0.3) is 0 Å². The van der Waals surface area contributed by atoms with Gasteiger partial charge in [-0.05, 0) is 32.2 Å². The molecule has 0 amide bonds. The van der Waals surface area contributed by atoms with Crippen LogP contribution >= 0.6 is 11.6 Å². The summed E-state index contributed by atoms with van der Waals surface area (Å²) in [6.07, 6.45) is 6.17. The first-order chi connectivity index (χ1) is 8.75. The monoisotopic (exact) mass is 268 g/mol. The minimum atomic E-state index is -0.258.